The Balaban J connectivity index is 0.000000332. The Bertz CT molecular complexity index is 1170. The molecule has 3 aromatic rings. The number of hydrogen-bond acceptors (Lipinski definition) is 3. The van der Waals surface area contributed by atoms with Crippen molar-refractivity contribution in [3.63, 3.8) is 0 Å². The largest absolute Gasteiger partial charge is 0.330 e. The number of hydrogen-bond donors (Lipinski definition) is 0. The number of nitrogens with zero attached hydrogens (tertiary/aromatic N) is 4. The van der Waals surface area contributed by atoms with Crippen LogP contribution in [0.3, 0.4) is 0 Å². The summed E-state index contributed by atoms with van der Waals surface area (Å²) in [4.78, 5) is 9.29. The summed E-state index contributed by atoms with van der Waals surface area (Å²) in [5.74, 6) is -0.626. The number of para-hydroxylation sites is 2. The van der Waals surface area contributed by atoms with E-state index in [-0.39, 0.29) is 0 Å². The number of imidazole rings is 1. The van der Waals surface area contributed by atoms with Gasteiger partial charge in [-0.3, -0.25) is 9.80 Å². The summed E-state index contributed by atoms with van der Waals surface area (Å²) in [6.45, 7) is 16.0. The minimum Gasteiger partial charge on any atom is -0.330 e. The Morgan fingerprint density at radius 2 is 1.68 bits per heavy atom. The number of fused-ring (bicyclic) bond motifs is 1. The quantitative estimate of drug-likeness (QED) is 0.212. The number of unbranched alkanes of at least 4 members (excludes halogenated alkanes) is 1. The van der Waals surface area contributed by atoms with Gasteiger partial charge in [-0.2, -0.15) is 0 Å². The van der Waals surface area contributed by atoms with E-state index in [2.05, 4.69) is 67.2 Å². The van der Waals surface area contributed by atoms with Crippen LogP contribution in [0.25, 0.3) is 11.0 Å². The number of halogens is 2. The molecule has 0 aliphatic rings. The zero-order valence-corrected chi connectivity index (χ0v) is 24.2. The Morgan fingerprint density at radius 3 is 2.32 bits per heavy atom. The molecule has 208 valence electrons. The molecule has 4 nitrogen and oxygen atoms in total. The third kappa shape index (κ3) is 9.48. The molecule has 0 saturated heterocycles. The standard InChI is InChI=1S/C20H23F2N3.C12H23N/c1-3-4-12-25(13-15-8-7-9-16(21)20(15)22)14-19-23-17-10-5-6-11-18(17)24(19)2;1-5-9-12(7-3)11-13(8-4)10-6-2/h5-11H,3-4,12-14H2,1-2H3;5,7,9H,6,8,10-11H2,1-4H3/b;9-5-,12-7+. The molecule has 1 heterocycles. The molecule has 0 bridgehead atoms. The van der Waals surface area contributed by atoms with Crippen LogP contribution in [0.15, 0.2) is 66.3 Å². The highest BCUT2D eigenvalue weighted by molar-refractivity contribution is 5.75. The molecule has 0 atom stereocenters. The molecule has 2 aromatic carbocycles. The van der Waals surface area contributed by atoms with Crippen molar-refractivity contribution in [3.8, 4) is 0 Å². The molecule has 0 aliphatic carbocycles. The second-order valence-electron chi connectivity index (χ2n) is 9.59. The summed E-state index contributed by atoms with van der Waals surface area (Å²) in [5.41, 5.74) is 3.82. The summed E-state index contributed by atoms with van der Waals surface area (Å²) in [7, 11) is 1.99. The maximum Gasteiger partial charge on any atom is 0.163 e. The van der Waals surface area contributed by atoms with Crippen molar-refractivity contribution < 1.29 is 8.78 Å². The Kier molecular flexibility index (Phi) is 14.0. The van der Waals surface area contributed by atoms with Crippen LogP contribution >= 0.6 is 0 Å². The molecule has 1 aromatic heterocycles. The van der Waals surface area contributed by atoms with Crippen LogP contribution in [0.1, 0.15) is 65.3 Å². The van der Waals surface area contributed by atoms with E-state index in [4.69, 9.17) is 4.98 Å². The second-order valence-corrected chi connectivity index (χ2v) is 9.59. The van der Waals surface area contributed by atoms with Gasteiger partial charge < -0.3 is 4.57 Å². The minimum absolute atomic E-state index is 0.368. The number of aryl methyl sites for hydroxylation is 1. The predicted octanol–water partition coefficient (Wildman–Crippen LogP) is 7.89. The van der Waals surface area contributed by atoms with Crippen LogP contribution in [0.4, 0.5) is 8.78 Å². The van der Waals surface area contributed by atoms with Gasteiger partial charge in [0.1, 0.15) is 5.82 Å². The van der Waals surface area contributed by atoms with Crippen LogP contribution in [0.5, 0.6) is 0 Å². The highest BCUT2D eigenvalue weighted by Crippen LogP contribution is 2.19. The smallest absolute Gasteiger partial charge is 0.163 e. The van der Waals surface area contributed by atoms with Gasteiger partial charge in [0.15, 0.2) is 11.6 Å². The lowest BCUT2D eigenvalue weighted by Gasteiger charge is -2.22. The molecule has 3 rings (SSSR count). The van der Waals surface area contributed by atoms with E-state index >= 15 is 0 Å². The highest BCUT2D eigenvalue weighted by atomic mass is 19.2. The molecule has 0 unspecified atom stereocenters. The van der Waals surface area contributed by atoms with E-state index in [0.29, 0.717) is 18.7 Å². The molecule has 0 fully saturated rings. The average molecular weight is 525 g/mol. The van der Waals surface area contributed by atoms with E-state index in [9.17, 15) is 8.78 Å². The fraction of sp³-hybridized carbons (Fsp3) is 0.469. The molecule has 0 radical (unpaired) electrons. The molecular weight excluding hydrogens is 478 g/mol. The first-order chi connectivity index (χ1) is 18.4. The fourth-order valence-corrected chi connectivity index (χ4v) is 4.42. The van der Waals surface area contributed by atoms with Crippen LogP contribution in [0, 0.1) is 11.6 Å². The fourth-order valence-electron chi connectivity index (χ4n) is 4.42. The summed E-state index contributed by atoms with van der Waals surface area (Å²) < 4.78 is 29.6. The van der Waals surface area contributed by atoms with Crippen molar-refractivity contribution in [2.45, 2.75) is 67.0 Å². The van der Waals surface area contributed by atoms with Gasteiger partial charge in [0.05, 0.1) is 17.6 Å². The first kappa shape index (κ1) is 31.4. The van der Waals surface area contributed by atoms with Crippen molar-refractivity contribution in [2.75, 3.05) is 26.2 Å². The molecule has 38 heavy (non-hydrogen) atoms. The van der Waals surface area contributed by atoms with Crippen molar-refractivity contribution in [3.05, 3.63) is 89.3 Å². The first-order valence-electron chi connectivity index (χ1n) is 13.9. The Labute approximate surface area is 228 Å². The van der Waals surface area contributed by atoms with Crippen molar-refractivity contribution >= 4 is 11.0 Å². The van der Waals surface area contributed by atoms with Gasteiger partial charge in [0, 0.05) is 25.7 Å². The lowest BCUT2D eigenvalue weighted by molar-refractivity contribution is 0.240. The van der Waals surface area contributed by atoms with Crippen molar-refractivity contribution in [2.24, 2.45) is 7.05 Å². The van der Waals surface area contributed by atoms with E-state index in [0.717, 1.165) is 55.4 Å². The van der Waals surface area contributed by atoms with Gasteiger partial charge in [0.25, 0.3) is 0 Å². The van der Waals surface area contributed by atoms with Crippen LogP contribution in [-0.2, 0) is 20.1 Å². The van der Waals surface area contributed by atoms with Gasteiger partial charge in [-0.15, -0.1) is 0 Å². The van der Waals surface area contributed by atoms with Crippen LogP contribution in [0.2, 0.25) is 0 Å². The second kappa shape index (κ2) is 16.9. The predicted molar refractivity (Wildman–Crippen MR) is 157 cm³/mol. The number of likely N-dealkylation sites (N-methyl/N-ethyl adjacent to an activating group) is 1. The molecule has 0 amide bonds. The third-order valence-corrected chi connectivity index (χ3v) is 6.64. The lowest BCUT2D eigenvalue weighted by atomic mass is 10.2. The normalized spacial score (nSPS) is 12.1. The third-order valence-electron chi connectivity index (χ3n) is 6.64. The van der Waals surface area contributed by atoms with E-state index < -0.39 is 11.6 Å². The number of allylic oxidation sites excluding steroid dienone is 2. The molecule has 0 saturated carbocycles. The minimum atomic E-state index is -0.796. The average Bonchev–Trinajstić information content (AvgIpc) is 3.24. The van der Waals surface area contributed by atoms with E-state index in [1.165, 1.54) is 18.5 Å². The van der Waals surface area contributed by atoms with Crippen LogP contribution < -0.4 is 0 Å². The molecular formula is C32H46F2N4. The van der Waals surface area contributed by atoms with Gasteiger partial charge in [-0.05, 0) is 70.1 Å². The molecule has 0 spiro atoms. The maximum atomic E-state index is 14.0. The number of rotatable bonds is 13. The molecule has 0 N–H and O–H groups in total. The summed E-state index contributed by atoms with van der Waals surface area (Å²) in [6.07, 6.45) is 9.78. The Hall–Kier alpha value is -2.83. The monoisotopic (exact) mass is 524 g/mol. The lowest BCUT2D eigenvalue weighted by Crippen LogP contribution is -2.26. The molecule has 6 heteroatoms. The van der Waals surface area contributed by atoms with Crippen molar-refractivity contribution in [1.29, 1.82) is 0 Å². The van der Waals surface area contributed by atoms with Crippen LogP contribution in [-0.4, -0.2) is 45.5 Å². The zero-order chi connectivity index (χ0) is 27.9. The number of aromatic nitrogens is 2. The summed E-state index contributed by atoms with van der Waals surface area (Å²) in [6, 6.07) is 12.3. The van der Waals surface area contributed by atoms with Gasteiger partial charge >= 0.3 is 0 Å². The molecule has 0 aliphatic heterocycles. The van der Waals surface area contributed by atoms with Crippen molar-refractivity contribution in [1.82, 2.24) is 19.4 Å². The van der Waals surface area contributed by atoms with Gasteiger partial charge in [-0.25, -0.2) is 13.8 Å². The summed E-state index contributed by atoms with van der Waals surface area (Å²) in [5, 5.41) is 0. The maximum absolute atomic E-state index is 14.0. The Morgan fingerprint density at radius 1 is 0.921 bits per heavy atom. The number of benzene rings is 2. The SMILES string of the molecule is C/C=C\C(=C/C)CN(CC)CCC.CCCCN(Cc1cccc(F)c1F)Cc1nc2ccccc2n1C. The van der Waals surface area contributed by atoms with Gasteiger partial charge in [0.2, 0.25) is 0 Å². The van der Waals surface area contributed by atoms with Gasteiger partial charge in [-0.1, -0.05) is 69.7 Å². The van der Waals surface area contributed by atoms with E-state index in [1.54, 1.807) is 12.1 Å². The first-order valence-corrected chi connectivity index (χ1v) is 13.9. The summed E-state index contributed by atoms with van der Waals surface area (Å²) >= 11 is 0. The van der Waals surface area contributed by atoms with E-state index in [1.807, 2.05) is 31.3 Å². The zero-order valence-electron chi connectivity index (χ0n) is 24.2. The highest BCUT2D eigenvalue weighted by Gasteiger charge is 2.16. The topological polar surface area (TPSA) is 24.3 Å².